The first-order chi connectivity index (χ1) is 5.54. The van der Waals surface area contributed by atoms with Gasteiger partial charge in [0.1, 0.15) is 6.04 Å². The van der Waals surface area contributed by atoms with E-state index in [2.05, 4.69) is 19.2 Å². The summed E-state index contributed by atoms with van der Waals surface area (Å²) in [7, 11) is 0. The largest absolute Gasteiger partial charge is 0.368 e. The Labute approximate surface area is 77.5 Å². The number of thioether (sulfide) groups is 1. The third-order valence-electron chi connectivity index (χ3n) is 2.12. The maximum atomic E-state index is 11.1. The molecule has 0 bridgehead atoms. The topological polar surface area (TPSA) is 55.1 Å². The number of primary amides is 1. The van der Waals surface area contributed by atoms with Gasteiger partial charge in [-0.25, -0.2) is 0 Å². The summed E-state index contributed by atoms with van der Waals surface area (Å²) in [5.74, 6) is 0.860. The molecule has 0 saturated carbocycles. The van der Waals surface area contributed by atoms with E-state index in [1.807, 2.05) is 11.8 Å². The molecule has 1 atom stereocenters. The van der Waals surface area contributed by atoms with Crippen LogP contribution in [0.1, 0.15) is 20.3 Å². The van der Waals surface area contributed by atoms with Gasteiger partial charge in [0.15, 0.2) is 0 Å². The minimum absolute atomic E-state index is 0.0671. The summed E-state index contributed by atoms with van der Waals surface area (Å²) in [5.41, 5.74) is 5.30. The van der Waals surface area contributed by atoms with Crippen molar-refractivity contribution in [3.8, 4) is 0 Å². The van der Waals surface area contributed by atoms with Crippen molar-refractivity contribution >= 4 is 17.7 Å². The second-order valence-electron chi connectivity index (χ2n) is 3.59. The Kier molecular flexibility index (Phi) is 3.01. The Hall–Kier alpha value is -0.220. The monoisotopic (exact) mass is 188 g/mol. The summed E-state index contributed by atoms with van der Waals surface area (Å²) < 4.78 is -0.0671. The maximum Gasteiger partial charge on any atom is 0.235 e. The van der Waals surface area contributed by atoms with E-state index in [9.17, 15) is 4.79 Å². The SMILES string of the molecule is CC1(C)SCCCNC1C(N)=O. The van der Waals surface area contributed by atoms with E-state index < -0.39 is 0 Å². The van der Waals surface area contributed by atoms with E-state index in [1.54, 1.807) is 0 Å². The maximum absolute atomic E-state index is 11.1. The van der Waals surface area contributed by atoms with E-state index in [-0.39, 0.29) is 16.7 Å². The van der Waals surface area contributed by atoms with E-state index >= 15 is 0 Å². The van der Waals surface area contributed by atoms with Gasteiger partial charge in [0.25, 0.3) is 0 Å². The van der Waals surface area contributed by atoms with Gasteiger partial charge in [-0.15, -0.1) is 0 Å². The molecule has 70 valence electrons. The third-order valence-corrected chi connectivity index (χ3v) is 3.60. The van der Waals surface area contributed by atoms with Crippen molar-refractivity contribution in [1.82, 2.24) is 5.32 Å². The lowest BCUT2D eigenvalue weighted by molar-refractivity contribution is -0.120. The summed E-state index contributed by atoms with van der Waals surface area (Å²) >= 11 is 1.81. The molecule has 0 aromatic heterocycles. The Morgan fingerprint density at radius 2 is 2.33 bits per heavy atom. The van der Waals surface area contributed by atoms with Crippen molar-refractivity contribution in [2.45, 2.75) is 31.1 Å². The Balaban J connectivity index is 2.71. The summed E-state index contributed by atoms with van der Waals surface area (Å²) in [6.45, 7) is 5.01. The second kappa shape index (κ2) is 3.66. The molecule has 0 aromatic carbocycles. The zero-order valence-electron chi connectivity index (χ0n) is 7.59. The lowest BCUT2D eigenvalue weighted by atomic mass is 10.0. The summed E-state index contributed by atoms with van der Waals surface area (Å²) in [6.07, 6.45) is 1.11. The number of hydrogen-bond donors (Lipinski definition) is 2. The molecule has 0 radical (unpaired) electrons. The van der Waals surface area contributed by atoms with Crippen LogP contribution in [-0.2, 0) is 4.79 Å². The molecule has 1 rings (SSSR count). The van der Waals surface area contributed by atoms with Crippen LogP contribution in [0.3, 0.4) is 0 Å². The molecule has 1 fully saturated rings. The van der Waals surface area contributed by atoms with Crippen LogP contribution in [0.25, 0.3) is 0 Å². The van der Waals surface area contributed by atoms with Crippen molar-refractivity contribution in [2.75, 3.05) is 12.3 Å². The van der Waals surface area contributed by atoms with Crippen molar-refractivity contribution < 1.29 is 4.79 Å². The molecule has 3 nitrogen and oxygen atoms in total. The summed E-state index contributed by atoms with van der Waals surface area (Å²) in [4.78, 5) is 11.1. The van der Waals surface area contributed by atoms with Crippen LogP contribution in [0, 0.1) is 0 Å². The molecule has 1 amide bonds. The minimum Gasteiger partial charge on any atom is -0.368 e. The molecule has 1 aliphatic heterocycles. The van der Waals surface area contributed by atoms with Crippen LogP contribution in [0.15, 0.2) is 0 Å². The van der Waals surface area contributed by atoms with Crippen LogP contribution in [0.4, 0.5) is 0 Å². The van der Waals surface area contributed by atoms with Crippen LogP contribution in [0.5, 0.6) is 0 Å². The Bertz CT molecular complexity index is 182. The van der Waals surface area contributed by atoms with Crippen LogP contribution in [-0.4, -0.2) is 29.0 Å². The number of carbonyl (C=O) groups is 1. The number of hydrogen-bond acceptors (Lipinski definition) is 3. The van der Waals surface area contributed by atoms with Gasteiger partial charge in [-0.05, 0) is 32.6 Å². The van der Waals surface area contributed by atoms with Gasteiger partial charge in [0.05, 0.1) is 0 Å². The first kappa shape index (κ1) is 9.86. The first-order valence-electron chi connectivity index (χ1n) is 4.21. The average molecular weight is 188 g/mol. The molecule has 1 aliphatic rings. The quantitative estimate of drug-likeness (QED) is 0.624. The molecule has 1 unspecified atom stereocenters. The van der Waals surface area contributed by atoms with Crippen LogP contribution >= 0.6 is 11.8 Å². The highest BCUT2D eigenvalue weighted by Crippen LogP contribution is 2.30. The van der Waals surface area contributed by atoms with Crippen molar-refractivity contribution in [3.05, 3.63) is 0 Å². The fraction of sp³-hybridized carbons (Fsp3) is 0.875. The van der Waals surface area contributed by atoms with Gasteiger partial charge in [0.2, 0.25) is 5.91 Å². The molecular weight excluding hydrogens is 172 g/mol. The summed E-state index contributed by atoms with van der Waals surface area (Å²) in [5, 5.41) is 3.18. The third kappa shape index (κ3) is 2.14. The fourth-order valence-corrected chi connectivity index (χ4v) is 2.61. The molecule has 3 N–H and O–H groups in total. The smallest absolute Gasteiger partial charge is 0.235 e. The number of rotatable bonds is 1. The van der Waals surface area contributed by atoms with Crippen LogP contribution in [0.2, 0.25) is 0 Å². The summed E-state index contributed by atoms with van der Waals surface area (Å²) in [6, 6.07) is -0.190. The standard InChI is InChI=1S/C8H16N2OS/c1-8(2)6(7(9)11)10-4-3-5-12-8/h6,10H,3-5H2,1-2H3,(H2,9,11). The van der Waals surface area contributed by atoms with Crippen molar-refractivity contribution in [1.29, 1.82) is 0 Å². The van der Waals surface area contributed by atoms with E-state index in [1.165, 1.54) is 0 Å². The average Bonchev–Trinajstić information content (AvgIpc) is 2.09. The highest BCUT2D eigenvalue weighted by Gasteiger charge is 2.35. The molecule has 1 saturated heterocycles. The van der Waals surface area contributed by atoms with Gasteiger partial charge in [-0.2, -0.15) is 11.8 Å². The zero-order chi connectivity index (χ0) is 9.19. The number of nitrogens with one attached hydrogen (secondary N) is 1. The number of amides is 1. The lowest BCUT2D eigenvalue weighted by Gasteiger charge is -2.29. The van der Waals surface area contributed by atoms with Gasteiger partial charge in [0, 0.05) is 4.75 Å². The molecule has 0 spiro atoms. The number of carbonyl (C=O) groups excluding carboxylic acids is 1. The molecule has 0 aliphatic carbocycles. The van der Waals surface area contributed by atoms with Gasteiger partial charge in [-0.3, -0.25) is 4.79 Å². The highest BCUT2D eigenvalue weighted by atomic mass is 32.2. The molecule has 0 aromatic rings. The predicted molar refractivity (Wildman–Crippen MR) is 52.1 cm³/mol. The normalized spacial score (nSPS) is 29.3. The molecule has 4 heteroatoms. The molecular formula is C8H16N2OS. The number of nitrogens with two attached hydrogens (primary N) is 1. The zero-order valence-corrected chi connectivity index (χ0v) is 8.41. The Morgan fingerprint density at radius 1 is 1.67 bits per heavy atom. The Morgan fingerprint density at radius 3 is 2.92 bits per heavy atom. The second-order valence-corrected chi connectivity index (χ2v) is 5.34. The first-order valence-corrected chi connectivity index (χ1v) is 5.19. The van der Waals surface area contributed by atoms with Crippen molar-refractivity contribution in [3.63, 3.8) is 0 Å². The van der Waals surface area contributed by atoms with E-state index in [0.717, 1.165) is 18.7 Å². The van der Waals surface area contributed by atoms with Gasteiger partial charge in [-0.1, -0.05) is 0 Å². The fourth-order valence-electron chi connectivity index (χ4n) is 1.43. The van der Waals surface area contributed by atoms with E-state index in [0.29, 0.717) is 0 Å². The lowest BCUT2D eigenvalue weighted by Crippen LogP contribution is -2.52. The van der Waals surface area contributed by atoms with Gasteiger partial charge < -0.3 is 11.1 Å². The van der Waals surface area contributed by atoms with E-state index in [4.69, 9.17) is 5.73 Å². The van der Waals surface area contributed by atoms with Crippen molar-refractivity contribution in [2.24, 2.45) is 5.73 Å². The predicted octanol–water partition coefficient (Wildman–Crippen LogP) is 0.345. The minimum atomic E-state index is -0.241. The molecule has 12 heavy (non-hydrogen) atoms. The van der Waals surface area contributed by atoms with Crippen LogP contribution < -0.4 is 11.1 Å². The highest BCUT2D eigenvalue weighted by molar-refractivity contribution is 8.00. The van der Waals surface area contributed by atoms with Gasteiger partial charge >= 0.3 is 0 Å². The molecule has 1 heterocycles.